The van der Waals surface area contributed by atoms with Crippen LogP contribution in [0.2, 0.25) is 0 Å². The molecule has 1 unspecified atom stereocenters. The fraction of sp³-hybridized carbons (Fsp3) is 0.0741. The Hall–Kier alpha value is -7.50. The molecule has 280 valence electrons. The van der Waals surface area contributed by atoms with E-state index in [9.17, 15) is 0 Å². The first kappa shape index (κ1) is 33.6. The maximum atomic E-state index is 6.62. The number of aliphatic imine (C=N–C) groups is 2. The zero-order chi connectivity index (χ0) is 39.2. The molecule has 0 saturated carbocycles. The summed E-state index contributed by atoms with van der Waals surface area (Å²) >= 11 is 0. The van der Waals surface area contributed by atoms with Gasteiger partial charge in [-0.25, -0.2) is 9.98 Å². The molecular formula is C54H38N4O. The van der Waals surface area contributed by atoms with E-state index in [4.69, 9.17) is 14.4 Å². The van der Waals surface area contributed by atoms with Crippen LogP contribution in [-0.4, -0.2) is 16.2 Å². The minimum atomic E-state index is -0.367. The lowest BCUT2D eigenvalue weighted by molar-refractivity contribution is 0.655. The van der Waals surface area contributed by atoms with E-state index >= 15 is 0 Å². The molecule has 0 bridgehead atoms. The molecule has 0 fully saturated rings. The molecule has 1 N–H and O–H groups in total. The first-order valence-electron chi connectivity index (χ1n) is 20.3. The molecule has 2 aliphatic rings. The molecular weight excluding hydrogens is 721 g/mol. The van der Waals surface area contributed by atoms with Gasteiger partial charge in [-0.05, 0) is 75.8 Å². The number of fused-ring (bicyclic) bond motifs is 9. The van der Waals surface area contributed by atoms with Crippen molar-refractivity contribution in [3.05, 3.63) is 210 Å². The summed E-state index contributed by atoms with van der Waals surface area (Å²) in [4.78, 5) is 10.2. The molecule has 1 atom stereocenters. The van der Waals surface area contributed by atoms with Crippen molar-refractivity contribution in [3.8, 4) is 27.9 Å². The highest BCUT2D eigenvalue weighted by Crippen LogP contribution is 2.51. The molecule has 8 aromatic carbocycles. The third-order valence-electron chi connectivity index (χ3n) is 12.5. The van der Waals surface area contributed by atoms with Gasteiger partial charge >= 0.3 is 0 Å². The standard InChI is InChI=1S/C54H38N4O/c1-54(2)45-19-11-9-17-39(45)42-32-48-43(31-46(42)54)40-18-10-12-20-47(40)58(48)38-26-28-49-44(30-38)41-27-25-37(29-50(41)59-49)53-56-51(35-15-7-4-8-16-35)55-52(57-53)36-23-21-34(22-24-36)33-13-5-3-6-14-33/h3-32,53H,1-2H3,(H,55,56,57). The summed E-state index contributed by atoms with van der Waals surface area (Å²) in [6, 6.07) is 64.7. The van der Waals surface area contributed by atoms with Crippen molar-refractivity contribution in [2.45, 2.75) is 25.4 Å². The Balaban J connectivity index is 0.947. The predicted octanol–water partition coefficient (Wildman–Crippen LogP) is 13.2. The minimum absolute atomic E-state index is 0.0686. The minimum Gasteiger partial charge on any atom is -0.456 e. The van der Waals surface area contributed by atoms with Crippen LogP contribution in [-0.2, 0) is 5.41 Å². The molecule has 0 spiro atoms. The molecule has 1 aliphatic carbocycles. The SMILES string of the molecule is CC1(C)c2ccccc2-c2cc3c(cc21)c1ccccc1n3-c1ccc2oc3cc(C4N=C(c5ccccc5)N=C(c5ccc(-c6ccccc6)cc5)N4)ccc3c2c1. The van der Waals surface area contributed by atoms with Crippen molar-refractivity contribution >= 4 is 55.4 Å². The lowest BCUT2D eigenvalue weighted by Crippen LogP contribution is -2.33. The van der Waals surface area contributed by atoms with Crippen LogP contribution in [0.3, 0.4) is 0 Å². The van der Waals surface area contributed by atoms with Crippen molar-refractivity contribution in [2.75, 3.05) is 0 Å². The number of rotatable bonds is 5. The third-order valence-corrected chi connectivity index (χ3v) is 12.5. The Morgan fingerprint density at radius 2 is 1.22 bits per heavy atom. The molecule has 0 radical (unpaired) electrons. The average molecular weight is 759 g/mol. The number of nitrogens with zero attached hydrogens (tertiary/aromatic N) is 3. The van der Waals surface area contributed by atoms with Crippen LogP contribution in [0.4, 0.5) is 0 Å². The van der Waals surface area contributed by atoms with Crippen LogP contribution in [0.5, 0.6) is 0 Å². The van der Waals surface area contributed by atoms with Crippen molar-refractivity contribution in [1.29, 1.82) is 0 Å². The van der Waals surface area contributed by atoms with Gasteiger partial charge in [0.15, 0.2) is 5.84 Å². The highest BCUT2D eigenvalue weighted by Gasteiger charge is 2.36. The molecule has 5 heteroatoms. The van der Waals surface area contributed by atoms with Crippen LogP contribution in [0.25, 0.3) is 71.7 Å². The van der Waals surface area contributed by atoms with Gasteiger partial charge in [-0.3, -0.25) is 0 Å². The third kappa shape index (κ3) is 5.24. The second-order valence-electron chi connectivity index (χ2n) is 16.2. The first-order chi connectivity index (χ1) is 29.0. The summed E-state index contributed by atoms with van der Waals surface area (Å²) in [5.74, 6) is 1.47. The normalized spacial score (nSPS) is 15.6. The Labute approximate surface area is 341 Å². The van der Waals surface area contributed by atoms with Gasteiger partial charge in [0.05, 0.1) is 11.0 Å². The fourth-order valence-corrected chi connectivity index (χ4v) is 9.47. The highest BCUT2D eigenvalue weighted by atomic mass is 16.3. The van der Waals surface area contributed by atoms with Crippen molar-refractivity contribution < 1.29 is 4.42 Å². The van der Waals surface area contributed by atoms with Gasteiger partial charge < -0.3 is 14.3 Å². The van der Waals surface area contributed by atoms with Crippen LogP contribution >= 0.6 is 0 Å². The molecule has 2 aromatic heterocycles. The number of hydrogen-bond acceptors (Lipinski definition) is 4. The fourth-order valence-electron chi connectivity index (χ4n) is 9.47. The number of aromatic nitrogens is 1. The first-order valence-corrected chi connectivity index (χ1v) is 20.3. The Bertz CT molecular complexity index is 3370. The molecule has 5 nitrogen and oxygen atoms in total. The summed E-state index contributed by atoms with van der Waals surface area (Å²) in [7, 11) is 0. The highest BCUT2D eigenvalue weighted by molar-refractivity contribution is 6.14. The second-order valence-corrected chi connectivity index (χ2v) is 16.2. The second kappa shape index (κ2) is 12.8. The van der Waals surface area contributed by atoms with Crippen molar-refractivity contribution in [2.24, 2.45) is 9.98 Å². The van der Waals surface area contributed by atoms with E-state index < -0.39 is 0 Å². The average Bonchev–Trinajstić information content (AvgIpc) is 3.90. The Morgan fingerprint density at radius 1 is 0.508 bits per heavy atom. The van der Waals surface area contributed by atoms with E-state index in [1.807, 2.05) is 24.3 Å². The lowest BCUT2D eigenvalue weighted by Gasteiger charge is -2.23. The summed E-state index contributed by atoms with van der Waals surface area (Å²) in [6.07, 6.45) is -0.367. The van der Waals surface area contributed by atoms with Gasteiger partial charge in [0, 0.05) is 49.3 Å². The number of benzene rings is 8. The van der Waals surface area contributed by atoms with Gasteiger partial charge in [-0.2, -0.15) is 0 Å². The molecule has 1 aliphatic heterocycles. The van der Waals surface area contributed by atoms with E-state index in [0.717, 1.165) is 55.7 Å². The molecule has 3 heterocycles. The van der Waals surface area contributed by atoms with Gasteiger partial charge in [0.25, 0.3) is 0 Å². The van der Waals surface area contributed by atoms with Crippen LogP contribution < -0.4 is 5.32 Å². The maximum absolute atomic E-state index is 6.62. The summed E-state index contributed by atoms with van der Waals surface area (Å²) in [6.45, 7) is 4.70. The van der Waals surface area contributed by atoms with E-state index in [0.29, 0.717) is 5.84 Å². The number of nitrogens with one attached hydrogen (secondary N) is 1. The number of para-hydroxylation sites is 1. The summed E-state index contributed by atoms with van der Waals surface area (Å²) < 4.78 is 9.04. The van der Waals surface area contributed by atoms with Crippen LogP contribution in [0.15, 0.2) is 196 Å². The molecule has 0 saturated heterocycles. The summed E-state index contributed by atoms with van der Waals surface area (Å²) in [5, 5.41) is 8.32. The van der Waals surface area contributed by atoms with Crippen molar-refractivity contribution in [1.82, 2.24) is 9.88 Å². The summed E-state index contributed by atoms with van der Waals surface area (Å²) in [5.41, 5.74) is 15.8. The van der Waals surface area contributed by atoms with Gasteiger partial charge in [-0.1, -0.05) is 153 Å². The quantitative estimate of drug-likeness (QED) is 0.190. The Morgan fingerprint density at radius 3 is 2.05 bits per heavy atom. The number of hydrogen-bond donors (Lipinski definition) is 1. The largest absolute Gasteiger partial charge is 0.456 e. The number of furan rings is 1. The molecule has 0 amide bonds. The maximum Gasteiger partial charge on any atom is 0.159 e. The van der Waals surface area contributed by atoms with Crippen LogP contribution in [0, 0.1) is 0 Å². The zero-order valence-electron chi connectivity index (χ0n) is 32.6. The smallest absolute Gasteiger partial charge is 0.159 e. The molecule has 10 aromatic rings. The van der Waals surface area contributed by atoms with Crippen LogP contribution in [0.1, 0.15) is 47.8 Å². The van der Waals surface area contributed by atoms with Gasteiger partial charge in [0.1, 0.15) is 23.2 Å². The van der Waals surface area contributed by atoms with E-state index in [1.54, 1.807) is 0 Å². The molecule has 12 rings (SSSR count). The Kier molecular flexibility index (Phi) is 7.27. The lowest BCUT2D eigenvalue weighted by atomic mass is 9.82. The zero-order valence-corrected chi connectivity index (χ0v) is 32.6. The van der Waals surface area contributed by atoms with Gasteiger partial charge in [-0.15, -0.1) is 0 Å². The molecule has 59 heavy (non-hydrogen) atoms. The van der Waals surface area contributed by atoms with E-state index in [-0.39, 0.29) is 11.6 Å². The van der Waals surface area contributed by atoms with E-state index in [2.05, 4.69) is 181 Å². The van der Waals surface area contributed by atoms with E-state index in [1.165, 1.54) is 49.6 Å². The van der Waals surface area contributed by atoms with Crippen molar-refractivity contribution in [3.63, 3.8) is 0 Å². The topological polar surface area (TPSA) is 54.8 Å². The monoisotopic (exact) mass is 758 g/mol. The van der Waals surface area contributed by atoms with Gasteiger partial charge in [0.2, 0.25) is 0 Å². The predicted molar refractivity (Wildman–Crippen MR) is 243 cm³/mol. The number of amidine groups is 2.